The van der Waals surface area contributed by atoms with Crippen molar-refractivity contribution in [3.05, 3.63) is 0 Å². The van der Waals surface area contributed by atoms with Crippen molar-refractivity contribution in [2.24, 2.45) is 11.3 Å². The van der Waals surface area contributed by atoms with E-state index in [1.165, 1.54) is 6.42 Å². The Hall–Kier alpha value is 0.240. The Balaban J connectivity index is 2.67. The molecule has 1 saturated carbocycles. The Labute approximate surface area is 85.1 Å². The lowest BCUT2D eigenvalue weighted by Crippen LogP contribution is -2.32. The molecule has 1 atom stereocenters. The van der Waals surface area contributed by atoms with Crippen LogP contribution in [0.4, 0.5) is 0 Å². The molecule has 1 rings (SSSR count). The van der Waals surface area contributed by atoms with E-state index in [0.717, 1.165) is 19.3 Å². The summed E-state index contributed by atoms with van der Waals surface area (Å²) in [4.78, 5) is 0. The third kappa shape index (κ3) is 3.47. The minimum Gasteiger partial charge on any atom is -0.212 e. The van der Waals surface area contributed by atoms with E-state index >= 15 is 0 Å². The summed E-state index contributed by atoms with van der Waals surface area (Å²) in [5.41, 5.74) is 0.139. The van der Waals surface area contributed by atoms with Crippen LogP contribution in [0.1, 0.15) is 39.5 Å². The quantitative estimate of drug-likeness (QED) is 0.676. The van der Waals surface area contributed by atoms with Crippen LogP contribution in [0.3, 0.4) is 0 Å². The lowest BCUT2D eigenvalue weighted by molar-refractivity contribution is 0.156. The molecule has 1 aliphatic carbocycles. The SMILES string of the molecule is CC1(C)CCCCC1CS(=O)(=O)Cl. The molecule has 2 nitrogen and oxygen atoms in total. The molecule has 4 heteroatoms. The molecule has 13 heavy (non-hydrogen) atoms. The zero-order chi connectivity index (χ0) is 10.1. The van der Waals surface area contributed by atoms with Gasteiger partial charge in [0.2, 0.25) is 9.05 Å². The van der Waals surface area contributed by atoms with Crippen LogP contribution in [-0.4, -0.2) is 14.2 Å². The van der Waals surface area contributed by atoms with Crippen molar-refractivity contribution >= 4 is 19.7 Å². The van der Waals surface area contributed by atoms with Crippen LogP contribution in [0.15, 0.2) is 0 Å². The summed E-state index contributed by atoms with van der Waals surface area (Å²) in [6.45, 7) is 4.28. The van der Waals surface area contributed by atoms with Crippen LogP contribution in [0.25, 0.3) is 0 Å². The van der Waals surface area contributed by atoms with Crippen LogP contribution in [-0.2, 0) is 9.05 Å². The molecule has 0 aromatic rings. The highest BCUT2D eigenvalue weighted by Crippen LogP contribution is 2.41. The molecule has 1 unspecified atom stereocenters. The maximum atomic E-state index is 11.0. The molecule has 0 spiro atoms. The summed E-state index contributed by atoms with van der Waals surface area (Å²) in [6, 6.07) is 0. The first kappa shape index (κ1) is 11.3. The Kier molecular flexibility index (Phi) is 3.29. The summed E-state index contributed by atoms with van der Waals surface area (Å²) >= 11 is 0. The Morgan fingerprint density at radius 2 is 2.00 bits per heavy atom. The summed E-state index contributed by atoms with van der Waals surface area (Å²) in [7, 11) is 1.94. The molecule has 0 bridgehead atoms. The molecule has 0 radical (unpaired) electrons. The van der Waals surface area contributed by atoms with E-state index in [1.54, 1.807) is 0 Å². The van der Waals surface area contributed by atoms with E-state index in [0.29, 0.717) is 0 Å². The van der Waals surface area contributed by atoms with Crippen LogP contribution < -0.4 is 0 Å². The van der Waals surface area contributed by atoms with Gasteiger partial charge >= 0.3 is 0 Å². The molecule has 0 aliphatic heterocycles. The monoisotopic (exact) mass is 224 g/mol. The first-order valence-corrected chi connectivity index (χ1v) is 7.21. The van der Waals surface area contributed by atoms with E-state index in [1.807, 2.05) is 0 Å². The predicted octanol–water partition coefficient (Wildman–Crippen LogP) is 2.77. The Morgan fingerprint density at radius 1 is 1.38 bits per heavy atom. The second-order valence-electron chi connectivity index (χ2n) is 4.64. The second kappa shape index (κ2) is 3.77. The highest BCUT2D eigenvalue weighted by atomic mass is 35.7. The smallest absolute Gasteiger partial charge is 0.212 e. The first-order chi connectivity index (χ1) is 5.81. The van der Waals surface area contributed by atoms with Crippen molar-refractivity contribution in [2.45, 2.75) is 39.5 Å². The van der Waals surface area contributed by atoms with E-state index in [9.17, 15) is 8.42 Å². The maximum Gasteiger partial charge on any atom is 0.232 e. The molecule has 0 aromatic heterocycles. The highest BCUT2D eigenvalue weighted by Gasteiger charge is 2.34. The molecular formula is C9H17ClO2S. The average Bonchev–Trinajstić information content (AvgIpc) is 1.91. The van der Waals surface area contributed by atoms with Crippen LogP contribution in [0, 0.1) is 11.3 Å². The number of halogens is 1. The molecular weight excluding hydrogens is 208 g/mol. The predicted molar refractivity (Wildman–Crippen MR) is 55.4 cm³/mol. The number of rotatable bonds is 2. The minimum atomic E-state index is -3.32. The molecule has 0 N–H and O–H groups in total. The summed E-state index contributed by atoms with van der Waals surface area (Å²) in [5.74, 6) is 0.380. The minimum absolute atomic E-state index is 0.139. The molecule has 0 heterocycles. The summed E-state index contributed by atoms with van der Waals surface area (Å²) in [5, 5.41) is 0. The number of hydrogen-bond donors (Lipinski definition) is 0. The molecule has 0 aromatic carbocycles. The van der Waals surface area contributed by atoms with Crippen LogP contribution >= 0.6 is 10.7 Å². The molecule has 0 saturated heterocycles. The molecule has 1 aliphatic rings. The van der Waals surface area contributed by atoms with Crippen LogP contribution in [0.5, 0.6) is 0 Å². The zero-order valence-corrected chi connectivity index (χ0v) is 9.79. The van der Waals surface area contributed by atoms with Crippen molar-refractivity contribution in [3.8, 4) is 0 Å². The van der Waals surface area contributed by atoms with Gasteiger partial charge in [0.05, 0.1) is 5.75 Å². The fraction of sp³-hybridized carbons (Fsp3) is 1.00. The zero-order valence-electron chi connectivity index (χ0n) is 8.22. The van der Waals surface area contributed by atoms with Gasteiger partial charge in [0.1, 0.15) is 0 Å². The number of hydrogen-bond acceptors (Lipinski definition) is 2. The van der Waals surface area contributed by atoms with Crippen molar-refractivity contribution < 1.29 is 8.42 Å². The molecule has 1 fully saturated rings. The largest absolute Gasteiger partial charge is 0.232 e. The van der Waals surface area contributed by atoms with E-state index in [2.05, 4.69) is 13.8 Å². The van der Waals surface area contributed by atoms with Gasteiger partial charge in [-0.15, -0.1) is 0 Å². The van der Waals surface area contributed by atoms with Crippen molar-refractivity contribution in [3.63, 3.8) is 0 Å². The topological polar surface area (TPSA) is 34.1 Å². The Morgan fingerprint density at radius 3 is 2.46 bits per heavy atom. The summed E-state index contributed by atoms with van der Waals surface area (Å²) in [6.07, 6.45) is 4.47. The van der Waals surface area contributed by atoms with Gasteiger partial charge in [0.25, 0.3) is 0 Å². The molecule has 0 amide bonds. The maximum absolute atomic E-state index is 11.0. The van der Waals surface area contributed by atoms with Gasteiger partial charge in [0, 0.05) is 10.7 Å². The normalized spacial score (nSPS) is 28.7. The van der Waals surface area contributed by atoms with Gasteiger partial charge in [-0.1, -0.05) is 26.7 Å². The van der Waals surface area contributed by atoms with Gasteiger partial charge in [-0.2, -0.15) is 0 Å². The lowest BCUT2D eigenvalue weighted by atomic mass is 9.70. The summed E-state index contributed by atoms with van der Waals surface area (Å²) < 4.78 is 21.9. The van der Waals surface area contributed by atoms with Gasteiger partial charge in [-0.05, 0) is 24.2 Å². The van der Waals surface area contributed by atoms with Crippen LogP contribution in [0.2, 0.25) is 0 Å². The third-order valence-electron chi connectivity index (χ3n) is 3.13. The van der Waals surface area contributed by atoms with Gasteiger partial charge < -0.3 is 0 Å². The van der Waals surface area contributed by atoms with E-state index < -0.39 is 9.05 Å². The van der Waals surface area contributed by atoms with Gasteiger partial charge in [0.15, 0.2) is 0 Å². The van der Waals surface area contributed by atoms with Gasteiger partial charge in [-0.25, -0.2) is 8.42 Å². The second-order valence-corrected chi connectivity index (χ2v) is 7.46. The van der Waals surface area contributed by atoms with Crippen molar-refractivity contribution in [1.82, 2.24) is 0 Å². The fourth-order valence-electron chi connectivity index (χ4n) is 2.12. The van der Waals surface area contributed by atoms with Crippen molar-refractivity contribution in [2.75, 3.05) is 5.75 Å². The highest BCUT2D eigenvalue weighted by molar-refractivity contribution is 8.13. The van der Waals surface area contributed by atoms with Crippen molar-refractivity contribution in [1.29, 1.82) is 0 Å². The average molecular weight is 225 g/mol. The Bertz CT molecular complexity index is 269. The van der Waals surface area contributed by atoms with E-state index in [4.69, 9.17) is 10.7 Å². The first-order valence-electron chi connectivity index (χ1n) is 4.74. The lowest BCUT2D eigenvalue weighted by Gasteiger charge is -2.37. The standard InChI is InChI=1S/C9H17ClO2S/c1-9(2)6-4-3-5-8(9)7-13(10,11)12/h8H,3-7H2,1-2H3. The van der Waals surface area contributed by atoms with E-state index in [-0.39, 0.29) is 17.1 Å². The van der Waals surface area contributed by atoms with Gasteiger partial charge in [-0.3, -0.25) is 0 Å². The fourth-order valence-corrected chi connectivity index (χ4v) is 3.67. The third-order valence-corrected chi connectivity index (χ3v) is 4.31. The molecule has 78 valence electrons.